The number of hydrogen-bond acceptors (Lipinski definition) is 6. The second kappa shape index (κ2) is 10.2. The molecule has 2 heterocycles. The van der Waals surface area contributed by atoms with Crippen LogP contribution >= 0.6 is 11.9 Å². The predicted octanol–water partition coefficient (Wildman–Crippen LogP) is 5.79. The molecule has 1 fully saturated rings. The Labute approximate surface area is 232 Å². The topological polar surface area (TPSA) is 101 Å². The third-order valence-electron chi connectivity index (χ3n) is 6.91. The Morgan fingerprint density at radius 3 is 2.45 bits per heavy atom. The van der Waals surface area contributed by atoms with Crippen LogP contribution in [0.2, 0.25) is 0 Å². The summed E-state index contributed by atoms with van der Waals surface area (Å²) in [4.78, 5) is 44.6. The average Bonchev–Trinajstić information content (AvgIpc) is 3.78. The van der Waals surface area contributed by atoms with Gasteiger partial charge in [-0.2, -0.15) is 0 Å². The fourth-order valence-electron chi connectivity index (χ4n) is 4.74. The molecule has 10 heteroatoms. The van der Waals surface area contributed by atoms with Crippen LogP contribution in [-0.4, -0.2) is 14.1 Å². The summed E-state index contributed by atoms with van der Waals surface area (Å²) in [5, 5.41) is 3.02. The molecule has 5 aromatic rings. The second-order valence-electron chi connectivity index (χ2n) is 9.88. The number of H-pyrrole nitrogens is 1. The molecule has 6 rings (SSSR count). The van der Waals surface area contributed by atoms with E-state index in [2.05, 4.69) is 15.0 Å². The van der Waals surface area contributed by atoms with Gasteiger partial charge in [-0.05, 0) is 86.7 Å². The molecule has 0 spiro atoms. The standard InChI is InChI=1S/C30H26FN5O3S/c1-17-11-14-24(23(31)15-17)32-27-25-26(18(2)28(37)33-27)35(30(39)36(29(25)38)20-12-13-20)21-8-6-7-19(16-21)34-40-22-9-4-3-5-10-22/h3-11,14-16,20,34H,12-13H2,1-2H3,(H2,32,33,37). The highest BCUT2D eigenvalue weighted by Gasteiger charge is 2.31. The van der Waals surface area contributed by atoms with Crippen LogP contribution in [0, 0.1) is 19.7 Å². The molecular weight excluding hydrogens is 529 g/mol. The molecule has 0 radical (unpaired) electrons. The lowest BCUT2D eigenvalue weighted by Gasteiger charge is -2.19. The van der Waals surface area contributed by atoms with Gasteiger partial charge < -0.3 is 15.0 Å². The quantitative estimate of drug-likeness (QED) is 0.220. The predicted molar refractivity (Wildman–Crippen MR) is 158 cm³/mol. The van der Waals surface area contributed by atoms with Crippen LogP contribution in [-0.2, 0) is 0 Å². The van der Waals surface area contributed by atoms with E-state index in [1.165, 1.54) is 27.1 Å². The fourth-order valence-corrected chi connectivity index (χ4v) is 5.40. The van der Waals surface area contributed by atoms with Gasteiger partial charge in [0.15, 0.2) is 0 Å². The number of pyridine rings is 1. The molecule has 2 aromatic heterocycles. The number of nitrogens with one attached hydrogen (secondary N) is 3. The number of hydrogen-bond donors (Lipinski definition) is 3. The maximum Gasteiger partial charge on any atom is 0.336 e. The zero-order valence-corrected chi connectivity index (χ0v) is 22.6. The van der Waals surface area contributed by atoms with Crippen molar-refractivity contribution in [1.82, 2.24) is 14.1 Å². The molecule has 202 valence electrons. The SMILES string of the molecule is Cc1ccc(Nc2[nH]c(=O)c(C)c3c2c(=O)n(C2CC2)c(=O)n3-c2cccc(NSc3ccccc3)c2)c(F)c1. The lowest BCUT2D eigenvalue weighted by molar-refractivity contribution is 0.630. The summed E-state index contributed by atoms with van der Waals surface area (Å²) in [6.07, 6.45) is 1.40. The number of aryl methyl sites for hydroxylation is 2. The minimum absolute atomic E-state index is 0.0374. The molecule has 0 atom stereocenters. The molecule has 0 unspecified atom stereocenters. The van der Waals surface area contributed by atoms with Gasteiger partial charge >= 0.3 is 5.69 Å². The van der Waals surface area contributed by atoms with Gasteiger partial charge in [-0.3, -0.25) is 18.7 Å². The van der Waals surface area contributed by atoms with Crippen molar-refractivity contribution in [2.75, 3.05) is 10.0 Å². The first-order valence-electron chi connectivity index (χ1n) is 12.9. The third-order valence-corrected chi connectivity index (χ3v) is 7.75. The van der Waals surface area contributed by atoms with E-state index in [-0.39, 0.29) is 34.0 Å². The van der Waals surface area contributed by atoms with Crippen LogP contribution in [0.4, 0.5) is 21.6 Å². The normalized spacial score (nSPS) is 13.0. The van der Waals surface area contributed by atoms with E-state index in [1.807, 2.05) is 36.4 Å². The van der Waals surface area contributed by atoms with Crippen LogP contribution in [0.1, 0.15) is 30.0 Å². The summed E-state index contributed by atoms with van der Waals surface area (Å²) in [6, 6.07) is 21.4. The number of rotatable bonds is 7. The molecule has 3 N–H and O–H groups in total. The van der Waals surface area contributed by atoms with Crippen molar-refractivity contribution < 1.29 is 4.39 Å². The lowest BCUT2D eigenvalue weighted by Crippen LogP contribution is -2.40. The van der Waals surface area contributed by atoms with Crippen LogP contribution < -0.4 is 26.8 Å². The summed E-state index contributed by atoms with van der Waals surface area (Å²) >= 11 is 1.42. The lowest BCUT2D eigenvalue weighted by atomic mass is 10.1. The number of fused-ring (bicyclic) bond motifs is 1. The summed E-state index contributed by atoms with van der Waals surface area (Å²) in [5.74, 6) is -0.490. The molecule has 0 saturated heterocycles. The van der Waals surface area contributed by atoms with E-state index in [0.29, 0.717) is 18.5 Å². The first-order chi connectivity index (χ1) is 19.3. The van der Waals surface area contributed by atoms with Gasteiger partial charge in [-0.1, -0.05) is 30.3 Å². The van der Waals surface area contributed by atoms with Crippen LogP contribution in [0.25, 0.3) is 16.6 Å². The van der Waals surface area contributed by atoms with Crippen molar-refractivity contribution in [2.24, 2.45) is 0 Å². The number of nitrogens with zero attached hydrogens (tertiary/aromatic N) is 2. The van der Waals surface area contributed by atoms with Crippen LogP contribution in [0.3, 0.4) is 0 Å². The van der Waals surface area contributed by atoms with E-state index in [4.69, 9.17) is 0 Å². The van der Waals surface area contributed by atoms with Crippen LogP contribution in [0.5, 0.6) is 0 Å². The summed E-state index contributed by atoms with van der Waals surface area (Å²) in [6.45, 7) is 3.34. The van der Waals surface area contributed by atoms with E-state index in [1.54, 1.807) is 44.2 Å². The van der Waals surface area contributed by atoms with Gasteiger partial charge in [0.25, 0.3) is 11.1 Å². The Bertz CT molecular complexity index is 1940. The molecule has 40 heavy (non-hydrogen) atoms. The maximum absolute atomic E-state index is 14.8. The smallest absolute Gasteiger partial charge is 0.336 e. The Morgan fingerprint density at radius 2 is 1.73 bits per heavy atom. The largest absolute Gasteiger partial charge is 0.339 e. The molecule has 1 aliphatic rings. The summed E-state index contributed by atoms with van der Waals surface area (Å²) in [5.41, 5.74) is 0.907. The summed E-state index contributed by atoms with van der Waals surface area (Å²) < 4.78 is 20.7. The Balaban J connectivity index is 1.56. The number of benzene rings is 3. The number of halogens is 1. The highest BCUT2D eigenvalue weighted by Crippen LogP contribution is 2.34. The molecule has 0 aliphatic heterocycles. The average molecular weight is 556 g/mol. The first kappa shape index (κ1) is 25.7. The number of aromatic amines is 1. The minimum atomic E-state index is -0.528. The van der Waals surface area contributed by atoms with E-state index in [0.717, 1.165) is 16.1 Å². The molecule has 3 aromatic carbocycles. The van der Waals surface area contributed by atoms with Crippen LogP contribution in [0.15, 0.2) is 92.1 Å². The van der Waals surface area contributed by atoms with Gasteiger partial charge in [-0.15, -0.1) is 0 Å². The second-order valence-corrected chi connectivity index (χ2v) is 10.8. The van der Waals surface area contributed by atoms with Gasteiger partial charge in [0.1, 0.15) is 17.0 Å². The van der Waals surface area contributed by atoms with Crippen molar-refractivity contribution in [1.29, 1.82) is 0 Å². The van der Waals surface area contributed by atoms with E-state index < -0.39 is 22.6 Å². The number of anilines is 3. The van der Waals surface area contributed by atoms with Gasteiger partial charge in [0.05, 0.1) is 16.9 Å². The third kappa shape index (κ3) is 4.71. The van der Waals surface area contributed by atoms with Crippen molar-refractivity contribution in [3.05, 3.63) is 121 Å². The Morgan fingerprint density at radius 1 is 0.950 bits per heavy atom. The van der Waals surface area contributed by atoms with Crippen molar-refractivity contribution in [2.45, 2.75) is 37.6 Å². The summed E-state index contributed by atoms with van der Waals surface area (Å²) in [7, 11) is 0. The van der Waals surface area contributed by atoms with E-state index in [9.17, 15) is 18.8 Å². The van der Waals surface area contributed by atoms with E-state index >= 15 is 0 Å². The first-order valence-corrected chi connectivity index (χ1v) is 13.7. The Hall–Kier alpha value is -4.57. The Kier molecular flexibility index (Phi) is 6.55. The molecular formula is C30H26FN5O3S. The van der Waals surface area contributed by atoms with Gasteiger partial charge in [-0.25, -0.2) is 9.18 Å². The maximum atomic E-state index is 14.8. The molecule has 0 bridgehead atoms. The fraction of sp³-hybridized carbons (Fsp3) is 0.167. The molecule has 1 aliphatic carbocycles. The molecule has 8 nitrogen and oxygen atoms in total. The highest BCUT2D eigenvalue weighted by atomic mass is 32.2. The minimum Gasteiger partial charge on any atom is -0.339 e. The van der Waals surface area contributed by atoms with Crippen molar-refractivity contribution in [3.8, 4) is 5.69 Å². The monoisotopic (exact) mass is 555 g/mol. The van der Waals surface area contributed by atoms with Crippen molar-refractivity contribution >= 4 is 40.0 Å². The zero-order chi connectivity index (χ0) is 28.0. The number of aromatic nitrogens is 3. The molecule has 1 saturated carbocycles. The molecule has 0 amide bonds. The zero-order valence-electron chi connectivity index (χ0n) is 21.8. The van der Waals surface area contributed by atoms with Crippen molar-refractivity contribution in [3.63, 3.8) is 0 Å². The van der Waals surface area contributed by atoms with Gasteiger partial charge in [0, 0.05) is 22.2 Å². The highest BCUT2D eigenvalue weighted by molar-refractivity contribution is 8.00. The van der Waals surface area contributed by atoms with Gasteiger partial charge in [0.2, 0.25) is 0 Å².